The molecule has 1 heterocycles. The summed E-state index contributed by atoms with van der Waals surface area (Å²) in [6.07, 6.45) is 1.49. The molecule has 0 amide bonds. The molecule has 0 atom stereocenters. The molecule has 0 spiro atoms. The Hall–Kier alpha value is -2.35. The Kier molecular flexibility index (Phi) is 3.52. The van der Waals surface area contributed by atoms with Gasteiger partial charge in [0.05, 0.1) is 22.2 Å². The van der Waals surface area contributed by atoms with E-state index in [-0.39, 0.29) is 17.3 Å². The third-order valence-electron chi connectivity index (χ3n) is 2.46. The first kappa shape index (κ1) is 13.1. The highest BCUT2D eigenvalue weighted by atomic mass is 35.5. The van der Waals surface area contributed by atoms with Crippen LogP contribution in [0.25, 0.3) is 0 Å². The Bertz CT molecular complexity index is 630. The van der Waals surface area contributed by atoms with Gasteiger partial charge in [0.15, 0.2) is 0 Å². The third kappa shape index (κ3) is 2.74. The first-order valence-electron chi connectivity index (χ1n) is 5.14. The number of halogens is 2. The molecule has 0 aliphatic heterocycles. The maximum Gasteiger partial charge on any atom is 0.295 e. The molecular formula is C10H9ClFN5O2. The molecular weight excluding hydrogens is 277 g/mol. The molecule has 19 heavy (non-hydrogen) atoms. The smallest absolute Gasteiger partial charge is 0.295 e. The molecule has 0 radical (unpaired) electrons. The van der Waals surface area contributed by atoms with Crippen molar-refractivity contribution in [3.8, 4) is 0 Å². The van der Waals surface area contributed by atoms with Crippen molar-refractivity contribution in [1.82, 2.24) is 10.2 Å². The van der Waals surface area contributed by atoms with E-state index < -0.39 is 16.4 Å². The average Bonchev–Trinajstić information content (AvgIpc) is 2.75. The van der Waals surface area contributed by atoms with Gasteiger partial charge in [0.25, 0.3) is 5.69 Å². The molecule has 0 saturated heterocycles. The van der Waals surface area contributed by atoms with E-state index in [4.69, 9.17) is 17.3 Å². The number of nitrogen functional groups attached to an aromatic ring is 1. The highest BCUT2D eigenvalue weighted by molar-refractivity contribution is 6.31. The van der Waals surface area contributed by atoms with Gasteiger partial charge in [-0.25, -0.2) is 4.39 Å². The van der Waals surface area contributed by atoms with Crippen molar-refractivity contribution in [3.63, 3.8) is 0 Å². The van der Waals surface area contributed by atoms with E-state index in [1.807, 2.05) is 0 Å². The second-order valence-electron chi connectivity index (χ2n) is 3.70. The summed E-state index contributed by atoms with van der Waals surface area (Å²) >= 11 is 5.60. The van der Waals surface area contributed by atoms with Crippen LogP contribution in [0.3, 0.4) is 0 Å². The zero-order valence-electron chi connectivity index (χ0n) is 9.48. The van der Waals surface area contributed by atoms with Crippen molar-refractivity contribution in [2.24, 2.45) is 0 Å². The van der Waals surface area contributed by atoms with E-state index in [0.717, 1.165) is 12.1 Å². The summed E-state index contributed by atoms with van der Waals surface area (Å²) in [7, 11) is 0. The number of nitro groups is 1. The number of rotatable bonds is 4. The van der Waals surface area contributed by atoms with Crippen LogP contribution in [-0.4, -0.2) is 15.1 Å². The number of aromatic nitrogens is 2. The van der Waals surface area contributed by atoms with Crippen LogP contribution in [0.2, 0.25) is 5.02 Å². The highest BCUT2D eigenvalue weighted by Gasteiger charge is 2.18. The SMILES string of the molecule is Nc1[nH]ncc1CNc1cc(Cl)c(F)cc1[N+](=O)[O-]. The number of aromatic amines is 1. The molecule has 0 fully saturated rings. The van der Waals surface area contributed by atoms with Crippen LogP contribution in [0.4, 0.5) is 21.6 Å². The Labute approximate surface area is 111 Å². The lowest BCUT2D eigenvalue weighted by Crippen LogP contribution is -2.04. The number of nitrogens with one attached hydrogen (secondary N) is 2. The van der Waals surface area contributed by atoms with Crippen molar-refractivity contribution < 1.29 is 9.31 Å². The lowest BCUT2D eigenvalue weighted by molar-refractivity contribution is -0.384. The maximum atomic E-state index is 13.2. The summed E-state index contributed by atoms with van der Waals surface area (Å²) in [5.41, 5.74) is 5.92. The summed E-state index contributed by atoms with van der Waals surface area (Å²) in [5, 5.41) is 19.6. The molecule has 2 aromatic rings. The van der Waals surface area contributed by atoms with Gasteiger partial charge in [-0.15, -0.1) is 0 Å². The summed E-state index contributed by atoms with van der Waals surface area (Å²) in [6.45, 7) is 0.200. The van der Waals surface area contributed by atoms with E-state index in [1.54, 1.807) is 0 Å². The van der Waals surface area contributed by atoms with Gasteiger partial charge in [0.1, 0.15) is 17.3 Å². The predicted molar refractivity (Wildman–Crippen MR) is 68.4 cm³/mol. The van der Waals surface area contributed by atoms with Gasteiger partial charge in [0, 0.05) is 12.1 Å². The number of anilines is 2. The molecule has 0 aliphatic rings. The lowest BCUT2D eigenvalue weighted by Gasteiger charge is -2.07. The van der Waals surface area contributed by atoms with E-state index in [1.165, 1.54) is 6.20 Å². The first-order valence-corrected chi connectivity index (χ1v) is 5.52. The quantitative estimate of drug-likeness (QED) is 0.590. The summed E-state index contributed by atoms with van der Waals surface area (Å²) in [6, 6.07) is 1.93. The summed E-state index contributed by atoms with van der Waals surface area (Å²) in [4.78, 5) is 10.1. The summed E-state index contributed by atoms with van der Waals surface area (Å²) < 4.78 is 13.2. The van der Waals surface area contributed by atoms with Crippen molar-refractivity contribution >= 4 is 28.8 Å². The van der Waals surface area contributed by atoms with E-state index >= 15 is 0 Å². The molecule has 2 rings (SSSR count). The molecule has 0 bridgehead atoms. The van der Waals surface area contributed by atoms with Crippen LogP contribution in [-0.2, 0) is 6.54 Å². The van der Waals surface area contributed by atoms with Crippen LogP contribution in [0.1, 0.15) is 5.56 Å². The monoisotopic (exact) mass is 285 g/mol. The largest absolute Gasteiger partial charge is 0.384 e. The van der Waals surface area contributed by atoms with Gasteiger partial charge in [-0.05, 0) is 6.07 Å². The Morgan fingerprint density at radius 1 is 1.58 bits per heavy atom. The topological polar surface area (TPSA) is 110 Å². The van der Waals surface area contributed by atoms with E-state index in [9.17, 15) is 14.5 Å². The minimum atomic E-state index is -0.846. The standard InChI is InChI=1S/C10H9ClFN5O2/c11-6-1-8(9(17(18)19)2-7(6)12)14-3-5-4-15-16-10(5)13/h1-2,4,14H,3H2,(H3,13,15,16). The average molecular weight is 286 g/mol. The normalized spacial score (nSPS) is 10.4. The molecule has 7 nitrogen and oxygen atoms in total. The Morgan fingerprint density at radius 2 is 2.32 bits per heavy atom. The number of benzene rings is 1. The molecule has 100 valence electrons. The Morgan fingerprint density at radius 3 is 2.89 bits per heavy atom. The van der Waals surface area contributed by atoms with Crippen LogP contribution in [0.15, 0.2) is 18.3 Å². The fourth-order valence-electron chi connectivity index (χ4n) is 1.48. The zero-order valence-corrected chi connectivity index (χ0v) is 10.2. The lowest BCUT2D eigenvalue weighted by atomic mass is 10.2. The van der Waals surface area contributed by atoms with Crippen molar-refractivity contribution in [1.29, 1.82) is 0 Å². The van der Waals surface area contributed by atoms with Gasteiger partial charge in [-0.3, -0.25) is 15.2 Å². The number of nitro benzene ring substituents is 1. The summed E-state index contributed by atoms with van der Waals surface area (Å²) in [5.74, 6) is -0.495. The van der Waals surface area contributed by atoms with Gasteiger partial charge in [-0.1, -0.05) is 11.6 Å². The third-order valence-corrected chi connectivity index (χ3v) is 2.75. The number of H-pyrrole nitrogens is 1. The van der Waals surface area contributed by atoms with Crippen LogP contribution >= 0.6 is 11.6 Å². The van der Waals surface area contributed by atoms with Gasteiger partial charge >= 0.3 is 0 Å². The molecule has 0 aliphatic carbocycles. The molecule has 0 saturated carbocycles. The van der Waals surface area contributed by atoms with Crippen molar-refractivity contribution in [3.05, 3.63) is 44.8 Å². The number of nitrogens with two attached hydrogens (primary N) is 1. The number of hydrogen-bond donors (Lipinski definition) is 3. The van der Waals surface area contributed by atoms with Crippen LogP contribution < -0.4 is 11.1 Å². The Balaban J connectivity index is 2.26. The van der Waals surface area contributed by atoms with Gasteiger partial charge < -0.3 is 11.1 Å². The number of nitrogens with zero attached hydrogens (tertiary/aromatic N) is 2. The molecule has 9 heteroatoms. The van der Waals surface area contributed by atoms with E-state index in [2.05, 4.69) is 15.5 Å². The second kappa shape index (κ2) is 5.11. The van der Waals surface area contributed by atoms with Gasteiger partial charge in [-0.2, -0.15) is 5.10 Å². The van der Waals surface area contributed by atoms with Crippen LogP contribution in [0, 0.1) is 15.9 Å². The second-order valence-corrected chi connectivity index (χ2v) is 4.11. The van der Waals surface area contributed by atoms with Gasteiger partial charge in [0.2, 0.25) is 0 Å². The van der Waals surface area contributed by atoms with E-state index in [0.29, 0.717) is 11.4 Å². The minimum absolute atomic E-state index is 0.108. The molecule has 0 unspecified atom stereocenters. The molecule has 4 N–H and O–H groups in total. The maximum absolute atomic E-state index is 13.2. The first-order chi connectivity index (χ1) is 8.99. The predicted octanol–water partition coefficient (Wildman–Crippen LogP) is 2.30. The fourth-order valence-corrected chi connectivity index (χ4v) is 1.65. The highest BCUT2D eigenvalue weighted by Crippen LogP contribution is 2.30. The number of hydrogen-bond acceptors (Lipinski definition) is 5. The van der Waals surface area contributed by atoms with Crippen LogP contribution in [0.5, 0.6) is 0 Å². The zero-order chi connectivity index (χ0) is 14.0. The molecule has 1 aromatic carbocycles. The molecule has 1 aromatic heterocycles. The van der Waals surface area contributed by atoms with Crippen molar-refractivity contribution in [2.75, 3.05) is 11.1 Å². The minimum Gasteiger partial charge on any atom is -0.384 e. The van der Waals surface area contributed by atoms with Crippen molar-refractivity contribution in [2.45, 2.75) is 6.54 Å². The fraction of sp³-hybridized carbons (Fsp3) is 0.100.